The number of rotatable bonds is 6. The minimum atomic E-state index is 0.283. The van der Waals surface area contributed by atoms with E-state index < -0.39 is 0 Å². The molecule has 0 radical (unpaired) electrons. The fraction of sp³-hybridized carbons (Fsp3) is 0.538. The van der Waals surface area contributed by atoms with E-state index in [4.69, 9.17) is 5.11 Å². The predicted molar refractivity (Wildman–Crippen MR) is 63.8 cm³/mol. The Kier molecular flexibility index (Phi) is 5.37. The lowest BCUT2D eigenvalue weighted by Crippen LogP contribution is -2.29. The van der Waals surface area contributed by atoms with Gasteiger partial charge >= 0.3 is 0 Å². The summed E-state index contributed by atoms with van der Waals surface area (Å²) in [6, 6.07) is 11.3. The first kappa shape index (κ1) is 12.2. The molecule has 2 nitrogen and oxygen atoms in total. The first-order valence-corrected chi connectivity index (χ1v) is 5.66. The second-order valence-corrected chi connectivity index (χ2v) is 4.07. The van der Waals surface area contributed by atoms with E-state index in [1.54, 1.807) is 0 Å². The highest BCUT2D eigenvalue weighted by molar-refractivity contribution is 5.18. The van der Waals surface area contributed by atoms with Crippen molar-refractivity contribution in [2.45, 2.75) is 38.8 Å². The van der Waals surface area contributed by atoms with Gasteiger partial charge in [0.05, 0.1) is 0 Å². The van der Waals surface area contributed by atoms with Gasteiger partial charge in [-0.15, -0.1) is 0 Å². The topological polar surface area (TPSA) is 32.3 Å². The van der Waals surface area contributed by atoms with Crippen molar-refractivity contribution in [2.24, 2.45) is 0 Å². The lowest BCUT2D eigenvalue weighted by molar-refractivity contribution is 0.274. The highest BCUT2D eigenvalue weighted by Gasteiger charge is 2.08. The minimum absolute atomic E-state index is 0.283. The Morgan fingerprint density at radius 2 is 1.87 bits per heavy atom. The molecule has 1 unspecified atom stereocenters. The molecule has 15 heavy (non-hydrogen) atoms. The van der Waals surface area contributed by atoms with Crippen LogP contribution in [0.25, 0.3) is 0 Å². The van der Waals surface area contributed by atoms with Crippen molar-refractivity contribution in [3.63, 3.8) is 0 Å². The summed E-state index contributed by atoms with van der Waals surface area (Å²) in [6.45, 7) is 4.62. The SMILES string of the molecule is CC(CCCO)N[C@H](C)c1ccccc1. The first-order valence-electron chi connectivity index (χ1n) is 5.66. The molecule has 2 atom stereocenters. The molecule has 84 valence electrons. The standard InChI is InChI=1S/C13H21NO/c1-11(7-6-10-15)14-12(2)13-8-4-3-5-9-13/h3-5,8-9,11-12,14-15H,6-7,10H2,1-2H3/t11?,12-/m1/s1. The van der Waals surface area contributed by atoms with Gasteiger partial charge in [-0.1, -0.05) is 30.3 Å². The quantitative estimate of drug-likeness (QED) is 0.751. The molecule has 0 aliphatic rings. The van der Waals surface area contributed by atoms with E-state index in [0.717, 1.165) is 12.8 Å². The summed E-state index contributed by atoms with van der Waals surface area (Å²) in [7, 11) is 0. The second kappa shape index (κ2) is 6.59. The van der Waals surface area contributed by atoms with Gasteiger partial charge in [-0.2, -0.15) is 0 Å². The van der Waals surface area contributed by atoms with Crippen molar-refractivity contribution in [1.29, 1.82) is 0 Å². The molecule has 0 fully saturated rings. The van der Waals surface area contributed by atoms with Crippen LogP contribution in [0.4, 0.5) is 0 Å². The van der Waals surface area contributed by atoms with E-state index in [-0.39, 0.29) is 6.61 Å². The van der Waals surface area contributed by atoms with Gasteiger partial charge in [0.1, 0.15) is 0 Å². The number of hydrogen-bond acceptors (Lipinski definition) is 2. The van der Waals surface area contributed by atoms with Crippen LogP contribution in [-0.2, 0) is 0 Å². The number of aliphatic hydroxyl groups is 1. The third-order valence-electron chi connectivity index (χ3n) is 2.63. The van der Waals surface area contributed by atoms with Gasteiger partial charge in [0, 0.05) is 18.7 Å². The molecule has 0 saturated heterocycles. The number of nitrogens with one attached hydrogen (secondary N) is 1. The maximum Gasteiger partial charge on any atom is 0.0431 e. The van der Waals surface area contributed by atoms with Gasteiger partial charge in [0.2, 0.25) is 0 Å². The van der Waals surface area contributed by atoms with Crippen molar-refractivity contribution in [2.75, 3.05) is 6.61 Å². The number of aliphatic hydroxyl groups excluding tert-OH is 1. The van der Waals surface area contributed by atoms with E-state index in [1.165, 1.54) is 5.56 Å². The van der Waals surface area contributed by atoms with Crippen LogP contribution in [0.2, 0.25) is 0 Å². The Morgan fingerprint density at radius 1 is 1.20 bits per heavy atom. The molecule has 0 bridgehead atoms. The van der Waals surface area contributed by atoms with Gasteiger partial charge in [-0.3, -0.25) is 0 Å². The highest BCUT2D eigenvalue weighted by Crippen LogP contribution is 2.12. The maximum absolute atomic E-state index is 8.74. The Balaban J connectivity index is 2.38. The summed E-state index contributed by atoms with van der Waals surface area (Å²) in [5, 5.41) is 12.3. The van der Waals surface area contributed by atoms with Crippen LogP contribution in [0.5, 0.6) is 0 Å². The number of benzene rings is 1. The van der Waals surface area contributed by atoms with Crippen molar-refractivity contribution >= 4 is 0 Å². The van der Waals surface area contributed by atoms with Crippen LogP contribution in [0.3, 0.4) is 0 Å². The zero-order valence-electron chi connectivity index (χ0n) is 9.61. The zero-order valence-corrected chi connectivity index (χ0v) is 9.61. The van der Waals surface area contributed by atoms with E-state index in [1.807, 2.05) is 6.07 Å². The van der Waals surface area contributed by atoms with Crippen molar-refractivity contribution < 1.29 is 5.11 Å². The molecule has 0 saturated carbocycles. The van der Waals surface area contributed by atoms with Crippen LogP contribution >= 0.6 is 0 Å². The summed E-state index contributed by atoms with van der Waals surface area (Å²) in [6.07, 6.45) is 1.89. The zero-order chi connectivity index (χ0) is 11.1. The van der Waals surface area contributed by atoms with Gasteiger partial charge < -0.3 is 10.4 Å². The monoisotopic (exact) mass is 207 g/mol. The van der Waals surface area contributed by atoms with Crippen LogP contribution in [-0.4, -0.2) is 17.8 Å². The van der Waals surface area contributed by atoms with E-state index in [0.29, 0.717) is 12.1 Å². The van der Waals surface area contributed by atoms with Crippen LogP contribution in [0.1, 0.15) is 38.3 Å². The summed E-state index contributed by atoms with van der Waals surface area (Å²) in [4.78, 5) is 0. The van der Waals surface area contributed by atoms with Gasteiger partial charge in [-0.05, 0) is 32.3 Å². The number of hydrogen-bond donors (Lipinski definition) is 2. The molecule has 2 N–H and O–H groups in total. The lowest BCUT2D eigenvalue weighted by Gasteiger charge is -2.20. The second-order valence-electron chi connectivity index (χ2n) is 4.07. The Morgan fingerprint density at radius 3 is 2.47 bits per heavy atom. The Bertz CT molecular complexity index is 260. The van der Waals surface area contributed by atoms with Crippen LogP contribution in [0.15, 0.2) is 30.3 Å². The summed E-state index contributed by atoms with van der Waals surface area (Å²) in [5.74, 6) is 0. The smallest absolute Gasteiger partial charge is 0.0431 e. The van der Waals surface area contributed by atoms with Gasteiger partial charge in [0.25, 0.3) is 0 Å². The molecule has 0 aliphatic heterocycles. The molecule has 1 aromatic rings. The molecular formula is C13H21NO. The molecule has 0 aromatic heterocycles. The van der Waals surface area contributed by atoms with Gasteiger partial charge in [0.15, 0.2) is 0 Å². The normalized spacial score (nSPS) is 14.9. The fourth-order valence-corrected chi connectivity index (χ4v) is 1.75. The lowest BCUT2D eigenvalue weighted by atomic mass is 10.1. The third-order valence-corrected chi connectivity index (χ3v) is 2.63. The largest absolute Gasteiger partial charge is 0.396 e. The molecule has 1 rings (SSSR count). The summed E-state index contributed by atoms with van der Waals surface area (Å²) >= 11 is 0. The first-order chi connectivity index (χ1) is 7.24. The maximum atomic E-state index is 8.74. The fourth-order valence-electron chi connectivity index (χ4n) is 1.75. The van der Waals surface area contributed by atoms with Crippen molar-refractivity contribution in [1.82, 2.24) is 5.32 Å². The molecule has 2 heteroatoms. The molecule has 0 aliphatic carbocycles. The summed E-state index contributed by atoms with van der Waals surface area (Å²) < 4.78 is 0. The predicted octanol–water partition coefficient (Wildman–Crippen LogP) is 2.50. The van der Waals surface area contributed by atoms with E-state index >= 15 is 0 Å². The molecule has 0 amide bonds. The van der Waals surface area contributed by atoms with Crippen molar-refractivity contribution in [3.05, 3.63) is 35.9 Å². The van der Waals surface area contributed by atoms with Gasteiger partial charge in [-0.25, -0.2) is 0 Å². The average molecular weight is 207 g/mol. The minimum Gasteiger partial charge on any atom is -0.396 e. The van der Waals surface area contributed by atoms with E-state index in [2.05, 4.69) is 43.4 Å². The Labute approximate surface area is 92.3 Å². The Hall–Kier alpha value is -0.860. The third kappa shape index (κ3) is 4.45. The average Bonchev–Trinajstić information content (AvgIpc) is 2.27. The van der Waals surface area contributed by atoms with Crippen LogP contribution in [0, 0.1) is 0 Å². The molecule has 0 spiro atoms. The summed E-state index contributed by atoms with van der Waals surface area (Å²) in [5.41, 5.74) is 1.31. The van der Waals surface area contributed by atoms with Crippen molar-refractivity contribution in [3.8, 4) is 0 Å². The highest BCUT2D eigenvalue weighted by atomic mass is 16.2. The van der Waals surface area contributed by atoms with E-state index in [9.17, 15) is 0 Å². The molecular weight excluding hydrogens is 186 g/mol. The molecule has 0 heterocycles. The van der Waals surface area contributed by atoms with Crippen LogP contribution < -0.4 is 5.32 Å². The molecule has 1 aromatic carbocycles.